The smallest absolute Gasteiger partial charge is 0.187 e. The van der Waals surface area contributed by atoms with Crippen molar-refractivity contribution in [1.29, 1.82) is 0 Å². The van der Waals surface area contributed by atoms with E-state index in [4.69, 9.17) is 12.2 Å². The summed E-state index contributed by atoms with van der Waals surface area (Å²) in [4.78, 5) is 0. The van der Waals surface area contributed by atoms with Gasteiger partial charge >= 0.3 is 0 Å². The van der Waals surface area contributed by atoms with Gasteiger partial charge in [0, 0.05) is 6.54 Å². The highest BCUT2D eigenvalue weighted by atomic mass is 32.1. The standard InChI is InChI=1S/C16H17N3S/c1-13-7-9-15(10-8-13)12-18-19-16(20)17-11-14-5-3-2-4-6-14/h2-10,12H,11H2,1H3,(H2,17,19,20)/b18-12+. The van der Waals surface area contributed by atoms with Crippen molar-refractivity contribution in [2.24, 2.45) is 5.10 Å². The molecule has 0 saturated heterocycles. The molecule has 4 heteroatoms. The first-order chi connectivity index (χ1) is 9.74. The molecule has 3 nitrogen and oxygen atoms in total. The van der Waals surface area contributed by atoms with E-state index in [1.54, 1.807) is 6.21 Å². The molecule has 0 atom stereocenters. The number of hydrogen-bond acceptors (Lipinski definition) is 2. The number of hydrazone groups is 1. The Kier molecular flexibility index (Phi) is 5.26. The van der Waals surface area contributed by atoms with Crippen LogP contribution >= 0.6 is 12.2 Å². The van der Waals surface area contributed by atoms with Crippen molar-refractivity contribution in [2.45, 2.75) is 13.5 Å². The molecule has 2 aromatic rings. The highest BCUT2D eigenvalue weighted by molar-refractivity contribution is 7.80. The minimum absolute atomic E-state index is 0.511. The molecule has 0 spiro atoms. The Morgan fingerprint density at radius 3 is 2.50 bits per heavy atom. The molecule has 0 saturated carbocycles. The van der Waals surface area contributed by atoms with Crippen LogP contribution in [0.25, 0.3) is 0 Å². The number of aryl methyl sites for hydroxylation is 1. The molecular weight excluding hydrogens is 266 g/mol. The Hall–Kier alpha value is -2.20. The SMILES string of the molecule is Cc1ccc(/C=N/NC(=S)NCc2ccccc2)cc1. The van der Waals surface area contributed by atoms with Gasteiger partial charge in [0.15, 0.2) is 5.11 Å². The number of nitrogens with one attached hydrogen (secondary N) is 2. The predicted octanol–water partition coefficient (Wildman–Crippen LogP) is 2.99. The summed E-state index contributed by atoms with van der Waals surface area (Å²) in [6, 6.07) is 18.2. The van der Waals surface area contributed by atoms with Gasteiger partial charge in [-0.2, -0.15) is 5.10 Å². The maximum Gasteiger partial charge on any atom is 0.187 e. The fraction of sp³-hybridized carbons (Fsp3) is 0.125. The predicted molar refractivity (Wildman–Crippen MR) is 87.8 cm³/mol. The van der Waals surface area contributed by atoms with Crippen molar-refractivity contribution in [3.63, 3.8) is 0 Å². The van der Waals surface area contributed by atoms with Gasteiger partial charge in [0.25, 0.3) is 0 Å². The fourth-order valence-electron chi connectivity index (χ4n) is 1.64. The van der Waals surface area contributed by atoms with Crippen molar-refractivity contribution < 1.29 is 0 Å². The van der Waals surface area contributed by atoms with Crippen LogP contribution in [0, 0.1) is 6.92 Å². The monoisotopic (exact) mass is 283 g/mol. The van der Waals surface area contributed by atoms with Crippen LogP contribution in [0.2, 0.25) is 0 Å². The van der Waals surface area contributed by atoms with Crippen molar-refractivity contribution >= 4 is 23.5 Å². The molecule has 0 heterocycles. The van der Waals surface area contributed by atoms with Crippen LogP contribution in [-0.4, -0.2) is 11.3 Å². The minimum Gasteiger partial charge on any atom is -0.357 e. The second-order valence-corrected chi connectivity index (χ2v) is 4.86. The Bertz CT molecular complexity index is 576. The van der Waals surface area contributed by atoms with Crippen molar-refractivity contribution in [2.75, 3.05) is 0 Å². The van der Waals surface area contributed by atoms with Crippen LogP contribution in [0.5, 0.6) is 0 Å². The topological polar surface area (TPSA) is 36.4 Å². The maximum atomic E-state index is 5.15. The van der Waals surface area contributed by atoms with Gasteiger partial charge in [-0.1, -0.05) is 60.2 Å². The molecule has 2 rings (SSSR count). The Labute approximate surface area is 124 Å². The van der Waals surface area contributed by atoms with E-state index in [1.165, 1.54) is 11.1 Å². The summed E-state index contributed by atoms with van der Waals surface area (Å²) >= 11 is 5.15. The third-order valence-electron chi connectivity index (χ3n) is 2.75. The zero-order valence-corrected chi connectivity index (χ0v) is 12.2. The lowest BCUT2D eigenvalue weighted by Crippen LogP contribution is -2.31. The Morgan fingerprint density at radius 2 is 1.80 bits per heavy atom. The molecule has 0 aliphatic rings. The van der Waals surface area contributed by atoms with Crippen LogP contribution in [0.1, 0.15) is 16.7 Å². The first-order valence-electron chi connectivity index (χ1n) is 6.41. The normalized spacial score (nSPS) is 10.4. The summed E-state index contributed by atoms with van der Waals surface area (Å²) in [5.74, 6) is 0. The van der Waals surface area contributed by atoms with E-state index < -0.39 is 0 Å². The van der Waals surface area contributed by atoms with Crippen LogP contribution in [0.4, 0.5) is 0 Å². The van der Waals surface area contributed by atoms with Crippen molar-refractivity contribution in [1.82, 2.24) is 10.7 Å². The molecule has 0 aromatic heterocycles. The van der Waals surface area contributed by atoms with Gasteiger partial charge in [-0.3, -0.25) is 5.43 Å². The van der Waals surface area contributed by atoms with E-state index in [9.17, 15) is 0 Å². The number of thiocarbonyl (C=S) groups is 1. The quantitative estimate of drug-likeness (QED) is 0.514. The molecule has 2 N–H and O–H groups in total. The summed E-state index contributed by atoms with van der Waals surface area (Å²) in [5, 5.41) is 7.72. The van der Waals surface area contributed by atoms with Gasteiger partial charge in [-0.05, 0) is 30.3 Å². The number of nitrogens with zero attached hydrogens (tertiary/aromatic N) is 1. The van der Waals surface area contributed by atoms with E-state index in [-0.39, 0.29) is 0 Å². The fourth-order valence-corrected chi connectivity index (χ4v) is 1.76. The van der Waals surface area contributed by atoms with Crippen LogP contribution in [0.15, 0.2) is 59.7 Å². The second-order valence-electron chi connectivity index (χ2n) is 4.45. The molecule has 0 aliphatic heterocycles. The van der Waals surface area contributed by atoms with Gasteiger partial charge in [0.05, 0.1) is 6.21 Å². The van der Waals surface area contributed by atoms with Crippen LogP contribution in [0.3, 0.4) is 0 Å². The molecule has 20 heavy (non-hydrogen) atoms. The molecule has 0 amide bonds. The summed E-state index contributed by atoms with van der Waals surface area (Å²) in [7, 11) is 0. The molecule has 102 valence electrons. The molecule has 0 unspecified atom stereocenters. The molecule has 0 bridgehead atoms. The summed E-state index contributed by atoms with van der Waals surface area (Å²) < 4.78 is 0. The minimum atomic E-state index is 0.511. The summed E-state index contributed by atoms with van der Waals surface area (Å²) in [6.45, 7) is 2.74. The highest BCUT2D eigenvalue weighted by Gasteiger charge is 1.94. The van der Waals surface area contributed by atoms with E-state index >= 15 is 0 Å². The molecule has 2 aromatic carbocycles. The number of rotatable bonds is 4. The van der Waals surface area contributed by atoms with E-state index in [1.807, 2.05) is 54.6 Å². The lowest BCUT2D eigenvalue weighted by atomic mass is 10.2. The molecule has 0 aliphatic carbocycles. The Morgan fingerprint density at radius 1 is 1.10 bits per heavy atom. The molecule has 0 fully saturated rings. The average molecular weight is 283 g/mol. The van der Waals surface area contributed by atoms with E-state index in [0.29, 0.717) is 11.7 Å². The largest absolute Gasteiger partial charge is 0.357 e. The maximum absolute atomic E-state index is 5.15. The van der Waals surface area contributed by atoms with Crippen molar-refractivity contribution in [3.05, 3.63) is 71.3 Å². The second kappa shape index (κ2) is 7.40. The molecular formula is C16H17N3S. The summed E-state index contributed by atoms with van der Waals surface area (Å²) in [6.07, 6.45) is 1.75. The lowest BCUT2D eigenvalue weighted by molar-refractivity contribution is 0.869. The van der Waals surface area contributed by atoms with E-state index in [0.717, 1.165) is 5.56 Å². The lowest BCUT2D eigenvalue weighted by Gasteiger charge is -2.06. The first-order valence-corrected chi connectivity index (χ1v) is 6.82. The highest BCUT2D eigenvalue weighted by Crippen LogP contribution is 2.00. The van der Waals surface area contributed by atoms with Gasteiger partial charge in [-0.15, -0.1) is 0 Å². The van der Waals surface area contributed by atoms with Crippen LogP contribution in [-0.2, 0) is 6.54 Å². The zero-order valence-electron chi connectivity index (χ0n) is 11.3. The summed E-state index contributed by atoms with van der Waals surface area (Å²) in [5.41, 5.74) is 6.25. The average Bonchev–Trinajstić information content (AvgIpc) is 2.48. The molecule has 0 radical (unpaired) electrons. The zero-order chi connectivity index (χ0) is 14.2. The third-order valence-corrected chi connectivity index (χ3v) is 2.99. The third kappa shape index (κ3) is 4.82. The Balaban J connectivity index is 1.76. The number of hydrogen-bond donors (Lipinski definition) is 2. The van der Waals surface area contributed by atoms with Gasteiger partial charge < -0.3 is 5.32 Å². The first kappa shape index (κ1) is 14.2. The van der Waals surface area contributed by atoms with Crippen LogP contribution < -0.4 is 10.7 Å². The van der Waals surface area contributed by atoms with Gasteiger partial charge in [0.1, 0.15) is 0 Å². The van der Waals surface area contributed by atoms with E-state index in [2.05, 4.69) is 22.8 Å². The van der Waals surface area contributed by atoms with Gasteiger partial charge in [0.2, 0.25) is 0 Å². The van der Waals surface area contributed by atoms with Crippen molar-refractivity contribution in [3.8, 4) is 0 Å². The number of benzene rings is 2. The van der Waals surface area contributed by atoms with Gasteiger partial charge in [-0.25, -0.2) is 0 Å².